The van der Waals surface area contributed by atoms with Gasteiger partial charge in [0.05, 0.1) is 0 Å². The van der Waals surface area contributed by atoms with Gasteiger partial charge in [0, 0.05) is 29.2 Å². The summed E-state index contributed by atoms with van der Waals surface area (Å²) in [4.78, 5) is 13.5. The number of aldehydes is 1. The van der Waals surface area contributed by atoms with Crippen molar-refractivity contribution in [3.05, 3.63) is 100 Å². The fourth-order valence-corrected chi connectivity index (χ4v) is 4.69. The minimum Gasteiger partial charge on any atom is -0.371 e. The molecule has 1 heterocycles. The van der Waals surface area contributed by atoms with Gasteiger partial charge in [0.1, 0.15) is 6.29 Å². The SMILES string of the molecule is CC/C(=C(\c1ccc(Br)cc1)c1ccc(N2CCC(C=O)CC2)cc1)c1ccccc1. The Balaban J connectivity index is 1.73. The van der Waals surface area contributed by atoms with E-state index in [1.807, 2.05) is 0 Å². The van der Waals surface area contributed by atoms with Crippen molar-refractivity contribution in [2.45, 2.75) is 26.2 Å². The first-order valence-corrected chi connectivity index (χ1v) is 11.8. The van der Waals surface area contributed by atoms with Crippen LogP contribution in [0.1, 0.15) is 42.9 Å². The Labute approximate surface area is 193 Å². The van der Waals surface area contributed by atoms with Crippen molar-refractivity contribution in [1.29, 1.82) is 0 Å². The number of benzene rings is 3. The van der Waals surface area contributed by atoms with E-state index in [1.54, 1.807) is 0 Å². The summed E-state index contributed by atoms with van der Waals surface area (Å²) in [6.07, 6.45) is 3.97. The summed E-state index contributed by atoms with van der Waals surface area (Å²) < 4.78 is 1.09. The van der Waals surface area contributed by atoms with Crippen LogP contribution < -0.4 is 4.90 Å². The predicted molar refractivity (Wildman–Crippen MR) is 134 cm³/mol. The zero-order valence-electron chi connectivity index (χ0n) is 17.9. The quantitative estimate of drug-likeness (QED) is 0.277. The van der Waals surface area contributed by atoms with Crippen molar-refractivity contribution in [3.63, 3.8) is 0 Å². The van der Waals surface area contributed by atoms with Gasteiger partial charge in [-0.1, -0.05) is 77.5 Å². The molecule has 3 aromatic rings. The maximum atomic E-state index is 11.1. The van der Waals surface area contributed by atoms with Crippen LogP contribution in [-0.4, -0.2) is 19.4 Å². The van der Waals surface area contributed by atoms with Gasteiger partial charge in [-0.15, -0.1) is 0 Å². The molecule has 0 atom stereocenters. The van der Waals surface area contributed by atoms with Crippen molar-refractivity contribution in [2.75, 3.05) is 18.0 Å². The number of anilines is 1. The first kappa shape index (κ1) is 21.6. The molecule has 1 aliphatic rings. The van der Waals surface area contributed by atoms with Crippen LogP contribution in [0.5, 0.6) is 0 Å². The lowest BCUT2D eigenvalue weighted by atomic mass is 9.88. The van der Waals surface area contributed by atoms with E-state index < -0.39 is 0 Å². The summed E-state index contributed by atoms with van der Waals surface area (Å²) in [5.41, 5.74) is 7.59. The number of hydrogen-bond donors (Lipinski definition) is 0. The van der Waals surface area contributed by atoms with Gasteiger partial charge in [0.2, 0.25) is 0 Å². The van der Waals surface area contributed by atoms with Crippen LogP contribution in [0.3, 0.4) is 0 Å². The second-order valence-electron chi connectivity index (χ2n) is 8.09. The van der Waals surface area contributed by atoms with E-state index in [9.17, 15) is 4.79 Å². The first-order chi connectivity index (χ1) is 15.2. The van der Waals surface area contributed by atoms with Crippen molar-refractivity contribution in [1.82, 2.24) is 0 Å². The average molecular weight is 474 g/mol. The first-order valence-electron chi connectivity index (χ1n) is 11.0. The van der Waals surface area contributed by atoms with Crippen LogP contribution in [0.4, 0.5) is 5.69 Å². The average Bonchev–Trinajstić information content (AvgIpc) is 2.84. The molecule has 158 valence electrons. The van der Waals surface area contributed by atoms with Crippen molar-refractivity contribution in [3.8, 4) is 0 Å². The Morgan fingerprint density at radius 3 is 2.00 bits per heavy atom. The number of hydrogen-bond acceptors (Lipinski definition) is 2. The zero-order valence-corrected chi connectivity index (χ0v) is 19.5. The third kappa shape index (κ3) is 4.99. The minimum atomic E-state index is 0.223. The van der Waals surface area contributed by atoms with Crippen LogP contribution in [0.2, 0.25) is 0 Å². The van der Waals surface area contributed by atoms with Gasteiger partial charge in [-0.05, 0) is 71.4 Å². The van der Waals surface area contributed by atoms with Gasteiger partial charge < -0.3 is 9.69 Å². The normalized spacial score (nSPS) is 15.5. The third-order valence-electron chi connectivity index (χ3n) is 6.16. The maximum Gasteiger partial charge on any atom is 0.123 e. The third-order valence-corrected chi connectivity index (χ3v) is 6.69. The molecular weight excluding hydrogens is 446 g/mol. The molecule has 2 nitrogen and oxygen atoms in total. The molecule has 0 saturated carbocycles. The highest BCUT2D eigenvalue weighted by atomic mass is 79.9. The molecule has 0 bridgehead atoms. The number of nitrogens with zero attached hydrogens (tertiary/aromatic N) is 1. The summed E-state index contributed by atoms with van der Waals surface area (Å²) in [7, 11) is 0. The summed E-state index contributed by atoms with van der Waals surface area (Å²) >= 11 is 3.57. The lowest BCUT2D eigenvalue weighted by Crippen LogP contribution is -2.34. The van der Waals surface area contributed by atoms with E-state index >= 15 is 0 Å². The molecule has 1 saturated heterocycles. The molecule has 1 fully saturated rings. The van der Waals surface area contributed by atoms with E-state index in [2.05, 4.69) is 107 Å². The molecule has 0 amide bonds. The highest BCUT2D eigenvalue weighted by Crippen LogP contribution is 2.35. The second kappa shape index (κ2) is 10.1. The Kier molecular flexibility index (Phi) is 7.03. The second-order valence-corrected chi connectivity index (χ2v) is 9.00. The molecule has 31 heavy (non-hydrogen) atoms. The molecular formula is C28H28BrNO. The summed E-state index contributed by atoms with van der Waals surface area (Å²) in [5.74, 6) is 0.223. The fourth-order valence-electron chi connectivity index (χ4n) is 4.43. The van der Waals surface area contributed by atoms with Crippen molar-refractivity contribution >= 4 is 39.0 Å². The molecule has 0 aromatic heterocycles. The number of carbonyl (C=O) groups is 1. The lowest BCUT2D eigenvalue weighted by molar-refractivity contribution is -0.111. The van der Waals surface area contributed by atoms with Gasteiger partial charge in [0.15, 0.2) is 0 Å². The van der Waals surface area contributed by atoms with E-state index in [1.165, 1.54) is 33.5 Å². The number of piperidine rings is 1. The molecule has 3 aromatic carbocycles. The van der Waals surface area contributed by atoms with Crippen LogP contribution in [0.15, 0.2) is 83.3 Å². The van der Waals surface area contributed by atoms with E-state index in [0.717, 1.165) is 43.1 Å². The summed E-state index contributed by atoms with van der Waals surface area (Å²) in [6, 6.07) is 28.2. The van der Waals surface area contributed by atoms with Crippen molar-refractivity contribution in [2.24, 2.45) is 5.92 Å². The molecule has 0 radical (unpaired) electrons. The number of halogens is 1. The largest absolute Gasteiger partial charge is 0.371 e. The Morgan fingerprint density at radius 1 is 0.871 bits per heavy atom. The van der Waals surface area contributed by atoms with Crippen LogP contribution in [0.25, 0.3) is 11.1 Å². The minimum absolute atomic E-state index is 0.223. The topological polar surface area (TPSA) is 20.3 Å². The standard InChI is InChI=1S/C28H28BrNO/c1-2-27(22-6-4-3-5-7-22)28(23-8-12-25(29)13-9-23)24-10-14-26(15-11-24)30-18-16-21(20-31)17-19-30/h3-15,20-21H,2,16-19H2,1H3/b28-27-. The molecule has 0 spiro atoms. The maximum absolute atomic E-state index is 11.1. The van der Waals surface area contributed by atoms with Gasteiger partial charge in [-0.2, -0.15) is 0 Å². The Morgan fingerprint density at radius 2 is 1.45 bits per heavy atom. The summed E-state index contributed by atoms with van der Waals surface area (Å²) in [6.45, 7) is 4.12. The Bertz CT molecular complexity index is 1030. The van der Waals surface area contributed by atoms with E-state index in [0.29, 0.717) is 0 Å². The van der Waals surface area contributed by atoms with E-state index in [-0.39, 0.29) is 5.92 Å². The lowest BCUT2D eigenvalue weighted by Gasteiger charge is -2.31. The van der Waals surface area contributed by atoms with Crippen LogP contribution in [-0.2, 0) is 4.79 Å². The molecule has 0 N–H and O–H groups in total. The van der Waals surface area contributed by atoms with E-state index in [4.69, 9.17) is 0 Å². The highest BCUT2D eigenvalue weighted by Gasteiger charge is 2.19. The van der Waals surface area contributed by atoms with Gasteiger partial charge in [-0.25, -0.2) is 0 Å². The van der Waals surface area contributed by atoms with Crippen LogP contribution >= 0.6 is 15.9 Å². The fraction of sp³-hybridized carbons (Fsp3) is 0.250. The van der Waals surface area contributed by atoms with Gasteiger partial charge in [0.25, 0.3) is 0 Å². The number of rotatable bonds is 6. The Hall–Kier alpha value is -2.65. The number of allylic oxidation sites excluding steroid dienone is 1. The molecule has 3 heteroatoms. The monoisotopic (exact) mass is 473 g/mol. The van der Waals surface area contributed by atoms with Crippen LogP contribution in [0, 0.1) is 5.92 Å². The van der Waals surface area contributed by atoms with Gasteiger partial charge >= 0.3 is 0 Å². The van der Waals surface area contributed by atoms with Gasteiger partial charge in [-0.3, -0.25) is 0 Å². The zero-order chi connectivity index (χ0) is 21.6. The highest BCUT2D eigenvalue weighted by molar-refractivity contribution is 9.10. The molecule has 0 aliphatic carbocycles. The molecule has 0 unspecified atom stereocenters. The summed E-state index contributed by atoms with van der Waals surface area (Å²) in [5, 5.41) is 0. The van der Waals surface area contributed by atoms with Crippen molar-refractivity contribution < 1.29 is 4.79 Å². The molecule has 4 rings (SSSR count). The molecule has 1 aliphatic heterocycles. The smallest absolute Gasteiger partial charge is 0.123 e. The predicted octanol–water partition coefficient (Wildman–Crippen LogP) is 7.23. The number of carbonyl (C=O) groups excluding carboxylic acids is 1.